The minimum absolute atomic E-state index is 0.00944. The van der Waals surface area contributed by atoms with Crippen molar-refractivity contribution in [3.63, 3.8) is 0 Å². The molecule has 0 aliphatic carbocycles. The highest BCUT2D eigenvalue weighted by molar-refractivity contribution is 7.51. The van der Waals surface area contributed by atoms with E-state index in [9.17, 15) is 4.57 Å². The number of anilines is 1. The van der Waals surface area contributed by atoms with Crippen LogP contribution in [0.1, 0.15) is 16.7 Å². The quantitative estimate of drug-likeness (QED) is 0.103. The van der Waals surface area contributed by atoms with Crippen LogP contribution in [0.5, 0.6) is 5.75 Å². The molecule has 0 unspecified atom stereocenters. The lowest BCUT2D eigenvalue weighted by Crippen LogP contribution is -2.13. The average molecular weight is 570 g/mol. The van der Waals surface area contributed by atoms with E-state index >= 15 is 0 Å². The first-order chi connectivity index (χ1) is 19.3. The molecule has 0 fully saturated rings. The summed E-state index contributed by atoms with van der Waals surface area (Å²) in [4.78, 5) is 26.6. The number of aromatic nitrogens is 2. The van der Waals surface area contributed by atoms with Crippen molar-refractivity contribution in [2.75, 3.05) is 58.1 Å². The second-order valence-corrected chi connectivity index (χ2v) is 11.2. The fourth-order valence-corrected chi connectivity index (χ4v) is 4.66. The van der Waals surface area contributed by atoms with Crippen molar-refractivity contribution in [3.8, 4) is 5.75 Å². The highest BCUT2D eigenvalue weighted by atomic mass is 31.2. The maximum atomic E-state index is 10.7. The minimum Gasteiger partial charge on any atom is -0.491 e. The summed E-state index contributed by atoms with van der Waals surface area (Å²) in [6.07, 6.45) is 3.34. The second-order valence-electron chi connectivity index (χ2n) is 9.42. The third kappa shape index (κ3) is 8.96. The van der Waals surface area contributed by atoms with Crippen LogP contribution in [0.3, 0.4) is 0 Å². The monoisotopic (exact) mass is 569 g/mol. The van der Waals surface area contributed by atoms with E-state index in [1.165, 1.54) is 11.1 Å². The molecule has 4 aromatic rings. The van der Waals surface area contributed by atoms with Gasteiger partial charge in [0.2, 0.25) is 0 Å². The number of aryl methyl sites for hydroxylation is 3. The molecule has 4 N–H and O–H groups in total. The van der Waals surface area contributed by atoms with Crippen LogP contribution in [0.15, 0.2) is 54.7 Å². The number of hydrogen-bond donors (Lipinski definition) is 3. The fourth-order valence-electron chi connectivity index (χ4n) is 4.30. The van der Waals surface area contributed by atoms with E-state index in [0.29, 0.717) is 38.9 Å². The Bertz CT molecular complexity index is 1460. The van der Waals surface area contributed by atoms with E-state index < -0.39 is 7.60 Å². The van der Waals surface area contributed by atoms with Crippen molar-refractivity contribution in [1.29, 1.82) is 0 Å². The third-order valence-corrected chi connectivity index (χ3v) is 7.15. The fraction of sp³-hybridized carbons (Fsp3) is 0.379. The number of benzene rings is 2. The average Bonchev–Trinajstić information content (AvgIpc) is 2.92. The molecular weight excluding hydrogens is 533 g/mol. The Hall–Kier alpha value is -3.11. The molecule has 0 bridgehead atoms. The summed E-state index contributed by atoms with van der Waals surface area (Å²) in [5.74, 6) is 1.25. The number of hydrogen-bond acceptors (Lipinski definition) is 8. The van der Waals surface area contributed by atoms with Gasteiger partial charge in [0.05, 0.1) is 51.3 Å². The molecule has 2 heterocycles. The van der Waals surface area contributed by atoms with E-state index in [1.807, 2.05) is 36.5 Å². The number of para-hydroxylation sites is 1. The maximum Gasteiger partial charge on any atom is 0.327 e. The largest absolute Gasteiger partial charge is 0.491 e. The van der Waals surface area contributed by atoms with Gasteiger partial charge in [0, 0.05) is 17.0 Å². The Morgan fingerprint density at radius 2 is 1.55 bits per heavy atom. The number of nitrogens with two attached hydrogens (primary N) is 1. The first kappa shape index (κ1) is 29.9. The first-order valence-corrected chi connectivity index (χ1v) is 15.0. The summed E-state index contributed by atoms with van der Waals surface area (Å²) < 4.78 is 32.5. The molecule has 2 aromatic heterocycles. The SMILES string of the molecule is Cc1cc(OCCOCCOCCOCCP(=O)(O)O)ccc1CCc1cnc2c(N)nc3ccccc3c2c1. The highest BCUT2D eigenvalue weighted by Crippen LogP contribution is 2.33. The predicted octanol–water partition coefficient (Wildman–Crippen LogP) is 4.07. The summed E-state index contributed by atoms with van der Waals surface area (Å²) in [5, 5.41) is 2.08. The molecular formula is C29H36N3O7P. The molecule has 0 saturated heterocycles. The summed E-state index contributed by atoms with van der Waals surface area (Å²) >= 11 is 0. The topological polar surface area (TPSA) is 146 Å². The predicted molar refractivity (Wildman–Crippen MR) is 155 cm³/mol. The summed E-state index contributed by atoms with van der Waals surface area (Å²) in [7, 11) is -4.01. The molecule has 0 saturated carbocycles. The Morgan fingerprint density at radius 3 is 2.27 bits per heavy atom. The van der Waals surface area contributed by atoms with E-state index in [0.717, 1.165) is 46.0 Å². The molecule has 0 radical (unpaired) electrons. The molecule has 4 rings (SSSR count). The van der Waals surface area contributed by atoms with Gasteiger partial charge in [0.25, 0.3) is 0 Å². The van der Waals surface area contributed by atoms with E-state index in [4.69, 9.17) is 34.5 Å². The lowest BCUT2D eigenvalue weighted by Gasteiger charge is -2.12. The number of nitrogens with zero attached hydrogens (tertiary/aromatic N) is 2. The smallest absolute Gasteiger partial charge is 0.327 e. The lowest BCUT2D eigenvalue weighted by molar-refractivity contribution is 0.0113. The van der Waals surface area contributed by atoms with Crippen molar-refractivity contribution in [2.45, 2.75) is 19.8 Å². The van der Waals surface area contributed by atoms with Gasteiger partial charge in [0.1, 0.15) is 17.9 Å². The van der Waals surface area contributed by atoms with E-state index in [1.54, 1.807) is 0 Å². The van der Waals surface area contributed by atoms with E-state index in [-0.39, 0.29) is 19.4 Å². The van der Waals surface area contributed by atoms with Crippen LogP contribution < -0.4 is 10.5 Å². The van der Waals surface area contributed by atoms with Gasteiger partial charge in [0.15, 0.2) is 5.82 Å². The van der Waals surface area contributed by atoms with Crippen molar-refractivity contribution < 1.29 is 33.3 Å². The molecule has 0 amide bonds. The second kappa shape index (κ2) is 14.5. The van der Waals surface area contributed by atoms with Gasteiger partial charge in [-0.3, -0.25) is 9.55 Å². The van der Waals surface area contributed by atoms with Gasteiger partial charge >= 0.3 is 7.60 Å². The standard InChI is InChI=1S/C29H36N3O7P/c1-21-18-24(39-15-14-37-11-10-36-12-13-38-16-17-40(33,34)35)9-8-23(21)7-6-22-19-26-25-4-2-3-5-27(25)32-29(30)28(26)31-20-22/h2-5,8-9,18-20H,6-7,10-17H2,1H3,(H2,30,32)(H2,33,34,35). The number of nitrogen functional groups attached to an aromatic ring is 1. The van der Waals surface area contributed by atoms with Crippen LogP contribution in [0.4, 0.5) is 5.82 Å². The summed E-state index contributed by atoms with van der Waals surface area (Å²) in [6.45, 7) is 4.41. The van der Waals surface area contributed by atoms with Crippen molar-refractivity contribution >= 4 is 35.2 Å². The van der Waals surface area contributed by atoms with Crippen molar-refractivity contribution in [3.05, 3.63) is 71.4 Å². The zero-order chi connectivity index (χ0) is 28.4. The highest BCUT2D eigenvalue weighted by Gasteiger charge is 2.12. The molecule has 0 atom stereocenters. The molecule has 0 aliphatic rings. The Balaban J connectivity index is 1.16. The molecule has 10 nitrogen and oxygen atoms in total. The van der Waals surface area contributed by atoms with Gasteiger partial charge < -0.3 is 34.5 Å². The van der Waals surface area contributed by atoms with Gasteiger partial charge in [-0.25, -0.2) is 4.98 Å². The van der Waals surface area contributed by atoms with Crippen molar-refractivity contribution in [1.82, 2.24) is 9.97 Å². The van der Waals surface area contributed by atoms with Crippen LogP contribution >= 0.6 is 7.60 Å². The van der Waals surface area contributed by atoms with Crippen LogP contribution in [0.25, 0.3) is 21.8 Å². The Morgan fingerprint density at radius 1 is 0.850 bits per heavy atom. The molecule has 11 heteroatoms. The molecule has 0 spiro atoms. The van der Waals surface area contributed by atoms with Crippen LogP contribution in [-0.4, -0.2) is 72.2 Å². The zero-order valence-electron chi connectivity index (χ0n) is 22.6. The van der Waals surface area contributed by atoms with Crippen LogP contribution in [0, 0.1) is 6.92 Å². The third-order valence-electron chi connectivity index (χ3n) is 6.39. The summed E-state index contributed by atoms with van der Waals surface area (Å²) in [6, 6.07) is 16.3. The number of ether oxygens (including phenoxy) is 4. The van der Waals surface area contributed by atoms with Gasteiger partial charge in [-0.1, -0.05) is 24.3 Å². The molecule has 2 aromatic carbocycles. The number of fused-ring (bicyclic) bond motifs is 3. The molecule has 40 heavy (non-hydrogen) atoms. The lowest BCUT2D eigenvalue weighted by atomic mass is 10.00. The van der Waals surface area contributed by atoms with Crippen LogP contribution in [0.2, 0.25) is 0 Å². The Labute approximate surface area is 233 Å². The van der Waals surface area contributed by atoms with Gasteiger partial charge in [-0.2, -0.15) is 0 Å². The van der Waals surface area contributed by atoms with Gasteiger partial charge in [-0.15, -0.1) is 0 Å². The van der Waals surface area contributed by atoms with E-state index in [2.05, 4.69) is 35.1 Å². The molecule has 0 aliphatic heterocycles. The van der Waals surface area contributed by atoms with Crippen LogP contribution in [-0.2, 0) is 31.6 Å². The maximum absolute atomic E-state index is 10.7. The molecule has 214 valence electrons. The first-order valence-electron chi connectivity index (χ1n) is 13.2. The summed E-state index contributed by atoms with van der Waals surface area (Å²) in [5.41, 5.74) is 11.3. The number of pyridine rings is 2. The zero-order valence-corrected chi connectivity index (χ0v) is 23.5. The number of rotatable bonds is 16. The minimum atomic E-state index is -4.01. The normalized spacial score (nSPS) is 11.9. The van der Waals surface area contributed by atoms with Gasteiger partial charge in [-0.05, 0) is 60.7 Å². The Kier molecular flexibility index (Phi) is 10.8. The van der Waals surface area contributed by atoms with Crippen molar-refractivity contribution in [2.24, 2.45) is 0 Å².